The molecule has 0 aliphatic rings. The minimum atomic E-state index is -0.289. The van der Waals surface area contributed by atoms with E-state index < -0.39 is 0 Å². The molecule has 0 saturated heterocycles. The van der Waals surface area contributed by atoms with Gasteiger partial charge in [0.25, 0.3) is 0 Å². The summed E-state index contributed by atoms with van der Waals surface area (Å²) >= 11 is 6.03. The quantitative estimate of drug-likeness (QED) is 0.685. The molecule has 0 spiro atoms. The molecular formula is C15H10ClFO2. The van der Waals surface area contributed by atoms with E-state index in [1.807, 2.05) is 18.2 Å². The number of benzene rings is 2. The van der Waals surface area contributed by atoms with Gasteiger partial charge in [-0.3, -0.25) is 0 Å². The Labute approximate surface area is 114 Å². The van der Waals surface area contributed by atoms with Crippen molar-refractivity contribution in [1.29, 1.82) is 0 Å². The van der Waals surface area contributed by atoms with E-state index in [1.54, 1.807) is 18.2 Å². The van der Waals surface area contributed by atoms with Gasteiger partial charge in [0, 0.05) is 5.39 Å². The third kappa shape index (κ3) is 2.56. The maximum atomic E-state index is 12.7. The van der Waals surface area contributed by atoms with Gasteiger partial charge in [0.05, 0.1) is 5.02 Å². The van der Waals surface area contributed by atoms with Crippen molar-refractivity contribution in [1.82, 2.24) is 0 Å². The Hall–Kier alpha value is -2.00. The lowest BCUT2D eigenvalue weighted by Crippen LogP contribution is -1.93. The van der Waals surface area contributed by atoms with Crippen LogP contribution in [0.3, 0.4) is 0 Å². The lowest BCUT2D eigenvalue weighted by Gasteiger charge is -2.03. The highest BCUT2D eigenvalue weighted by molar-refractivity contribution is 6.34. The average Bonchev–Trinajstić information content (AvgIpc) is 2.83. The molecule has 0 atom stereocenters. The lowest BCUT2D eigenvalue weighted by atomic mass is 10.2. The molecule has 0 N–H and O–H groups in total. The summed E-state index contributed by atoms with van der Waals surface area (Å²) in [5.41, 5.74) is 0.655. The Morgan fingerprint density at radius 3 is 2.63 bits per heavy atom. The van der Waals surface area contributed by atoms with Crippen LogP contribution in [-0.2, 0) is 6.61 Å². The number of hydrogen-bond acceptors (Lipinski definition) is 2. The molecule has 0 radical (unpaired) electrons. The fourth-order valence-corrected chi connectivity index (χ4v) is 2.06. The number of rotatable bonds is 3. The van der Waals surface area contributed by atoms with Gasteiger partial charge >= 0.3 is 0 Å². The largest absolute Gasteiger partial charge is 0.486 e. The number of furan rings is 1. The van der Waals surface area contributed by atoms with E-state index in [4.69, 9.17) is 20.8 Å². The smallest absolute Gasteiger partial charge is 0.153 e. The number of ether oxygens (including phenoxy) is 1. The summed E-state index contributed by atoms with van der Waals surface area (Å²) in [4.78, 5) is 0. The summed E-state index contributed by atoms with van der Waals surface area (Å²) in [7, 11) is 0. The first-order valence-electron chi connectivity index (χ1n) is 5.78. The predicted octanol–water partition coefficient (Wildman–Crippen LogP) is 4.80. The second-order valence-corrected chi connectivity index (χ2v) is 4.52. The van der Waals surface area contributed by atoms with Crippen molar-refractivity contribution in [3.05, 3.63) is 65.1 Å². The van der Waals surface area contributed by atoms with Crippen LogP contribution in [0.2, 0.25) is 5.02 Å². The van der Waals surface area contributed by atoms with Gasteiger partial charge in [-0.25, -0.2) is 4.39 Å². The molecule has 1 aromatic heterocycles. The first kappa shape index (κ1) is 12.1. The van der Waals surface area contributed by atoms with Crippen molar-refractivity contribution >= 4 is 22.6 Å². The summed E-state index contributed by atoms with van der Waals surface area (Å²) in [6.45, 7) is 0.274. The highest BCUT2D eigenvalue weighted by atomic mass is 35.5. The van der Waals surface area contributed by atoms with Crippen LogP contribution in [0.5, 0.6) is 5.75 Å². The van der Waals surface area contributed by atoms with Gasteiger partial charge in [0.2, 0.25) is 0 Å². The zero-order chi connectivity index (χ0) is 13.2. The molecule has 3 rings (SSSR count). The van der Waals surface area contributed by atoms with Crippen molar-refractivity contribution in [2.24, 2.45) is 0 Å². The van der Waals surface area contributed by atoms with E-state index in [-0.39, 0.29) is 12.4 Å². The van der Waals surface area contributed by atoms with Gasteiger partial charge in [0.1, 0.15) is 23.9 Å². The second kappa shape index (κ2) is 4.94. The van der Waals surface area contributed by atoms with E-state index in [1.165, 1.54) is 12.1 Å². The predicted molar refractivity (Wildman–Crippen MR) is 72.0 cm³/mol. The number of para-hydroxylation sites is 1. The summed E-state index contributed by atoms with van der Waals surface area (Å²) in [6.07, 6.45) is 0. The number of halogens is 2. The molecule has 0 amide bonds. The molecule has 0 aliphatic carbocycles. The van der Waals surface area contributed by atoms with Crippen LogP contribution >= 0.6 is 11.6 Å². The number of fused-ring (bicyclic) bond motifs is 1. The average molecular weight is 277 g/mol. The van der Waals surface area contributed by atoms with E-state index in [2.05, 4.69) is 0 Å². The molecule has 0 fully saturated rings. The Morgan fingerprint density at radius 2 is 1.89 bits per heavy atom. The zero-order valence-electron chi connectivity index (χ0n) is 9.90. The molecule has 19 heavy (non-hydrogen) atoms. The van der Waals surface area contributed by atoms with Crippen LogP contribution in [0, 0.1) is 5.82 Å². The number of hydrogen-bond donors (Lipinski definition) is 0. The third-order valence-corrected chi connectivity index (χ3v) is 3.04. The van der Waals surface area contributed by atoms with Gasteiger partial charge in [-0.15, -0.1) is 0 Å². The molecule has 0 unspecified atom stereocenters. The molecular weight excluding hydrogens is 267 g/mol. The van der Waals surface area contributed by atoms with Gasteiger partial charge in [-0.2, -0.15) is 0 Å². The lowest BCUT2D eigenvalue weighted by molar-refractivity contribution is 0.274. The van der Waals surface area contributed by atoms with Crippen LogP contribution < -0.4 is 4.74 Å². The zero-order valence-corrected chi connectivity index (χ0v) is 10.7. The Balaban J connectivity index is 1.78. The molecule has 2 aromatic carbocycles. The Kier molecular flexibility index (Phi) is 3.13. The van der Waals surface area contributed by atoms with E-state index >= 15 is 0 Å². The molecule has 0 saturated carbocycles. The van der Waals surface area contributed by atoms with Crippen LogP contribution in [0.25, 0.3) is 11.0 Å². The van der Waals surface area contributed by atoms with Gasteiger partial charge in [-0.1, -0.05) is 23.7 Å². The minimum Gasteiger partial charge on any atom is -0.486 e. The highest BCUT2D eigenvalue weighted by Crippen LogP contribution is 2.27. The van der Waals surface area contributed by atoms with Gasteiger partial charge in [-0.05, 0) is 36.4 Å². The maximum absolute atomic E-state index is 12.7. The summed E-state index contributed by atoms with van der Waals surface area (Å²) in [5.74, 6) is 0.975. The van der Waals surface area contributed by atoms with E-state index in [9.17, 15) is 4.39 Å². The van der Waals surface area contributed by atoms with Crippen LogP contribution in [-0.4, -0.2) is 0 Å². The molecule has 96 valence electrons. The molecule has 0 bridgehead atoms. The highest BCUT2D eigenvalue weighted by Gasteiger charge is 2.07. The van der Waals surface area contributed by atoms with E-state index in [0.717, 1.165) is 5.39 Å². The maximum Gasteiger partial charge on any atom is 0.153 e. The van der Waals surface area contributed by atoms with Crippen molar-refractivity contribution in [3.63, 3.8) is 0 Å². The fourth-order valence-electron chi connectivity index (χ4n) is 1.84. The monoisotopic (exact) mass is 276 g/mol. The third-order valence-electron chi connectivity index (χ3n) is 2.74. The summed E-state index contributed by atoms with van der Waals surface area (Å²) in [5, 5.41) is 1.51. The van der Waals surface area contributed by atoms with Crippen LogP contribution in [0.4, 0.5) is 4.39 Å². The summed E-state index contributed by atoms with van der Waals surface area (Å²) in [6, 6.07) is 13.3. The topological polar surface area (TPSA) is 22.4 Å². The first-order valence-corrected chi connectivity index (χ1v) is 6.15. The molecule has 4 heteroatoms. The fraction of sp³-hybridized carbons (Fsp3) is 0.0667. The normalized spacial score (nSPS) is 10.8. The van der Waals surface area contributed by atoms with Crippen molar-refractivity contribution in [2.75, 3.05) is 0 Å². The SMILES string of the molecule is Fc1ccc(OCc2cc3cccc(Cl)c3o2)cc1. The first-order chi connectivity index (χ1) is 9.22. The van der Waals surface area contributed by atoms with Crippen molar-refractivity contribution < 1.29 is 13.5 Å². The molecule has 2 nitrogen and oxygen atoms in total. The Morgan fingerprint density at radius 1 is 1.11 bits per heavy atom. The van der Waals surface area contributed by atoms with Crippen molar-refractivity contribution in [2.45, 2.75) is 6.61 Å². The molecule has 1 heterocycles. The molecule has 0 aliphatic heterocycles. The standard InChI is InChI=1S/C15H10ClFO2/c16-14-3-1-2-10-8-13(19-15(10)14)9-18-12-6-4-11(17)5-7-12/h1-8H,9H2. The minimum absolute atomic E-state index is 0.274. The molecule has 3 aromatic rings. The van der Waals surface area contributed by atoms with Crippen LogP contribution in [0.15, 0.2) is 52.9 Å². The van der Waals surface area contributed by atoms with Crippen molar-refractivity contribution in [3.8, 4) is 5.75 Å². The second-order valence-electron chi connectivity index (χ2n) is 4.11. The summed E-state index contributed by atoms with van der Waals surface area (Å²) < 4.78 is 23.9. The van der Waals surface area contributed by atoms with Crippen LogP contribution in [0.1, 0.15) is 5.76 Å². The van der Waals surface area contributed by atoms with Gasteiger partial charge < -0.3 is 9.15 Å². The van der Waals surface area contributed by atoms with E-state index in [0.29, 0.717) is 22.1 Å². The van der Waals surface area contributed by atoms with Gasteiger partial charge in [0.15, 0.2) is 5.58 Å². The Bertz CT molecular complexity index is 704.